The molecule has 2 fully saturated rings. The average Bonchev–Trinajstić information content (AvgIpc) is 3.33. The van der Waals surface area contributed by atoms with Gasteiger partial charge in [0.2, 0.25) is 0 Å². The van der Waals surface area contributed by atoms with Crippen LogP contribution in [0.5, 0.6) is 0 Å². The van der Waals surface area contributed by atoms with E-state index in [0.717, 1.165) is 19.4 Å². The third-order valence-corrected chi connectivity index (χ3v) is 5.02. The highest BCUT2D eigenvalue weighted by Gasteiger charge is 2.53. The number of carbonyl (C=O) groups is 1. The smallest absolute Gasteiger partial charge is 0.340 e. The molecule has 2 rings (SSSR count). The van der Waals surface area contributed by atoms with Crippen LogP contribution in [-0.4, -0.2) is 37.5 Å². The van der Waals surface area contributed by atoms with Crippen LogP contribution in [0.1, 0.15) is 84.0 Å². The van der Waals surface area contributed by atoms with Crippen molar-refractivity contribution >= 4 is 5.97 Å². The molecule has 0 N–H and O–H groups in total. The Labute approximate surface area is 141 Å². The highest BCUT2D eigenvalue weighted by atomic mass is 16.6. The maximum atomic E-state index is 11.8. The predicted molar refractivity (Wildman–Crippen MR) is 90.5 cm³/mol. The maximum Gasteiger partial charge on any atom is 0.340 e. The molecule has 0 bridgehead atoms. The molecular formula is C19H34O4. The van der Waals surface area contributed by atoms with Gasteiger partial charge >= 0.3 is 5.97 Å². The maximum absolute atomic E-state index is 11.8. The first-order valence-electron chi connectivity index (χ1n) is 9.69. The summed E-state index contributed by atoms with van der Waals surface area (Å²) in [7, 11) is 0. The van der Waals surface area contributed by atoms with Gasteiger partial charge in [0.25, 0.3) is 0 Å². The van der Waals surface area contributed by atoms with E-state index in [4.69, 9.17) is 14.2 Å². The van der Waals surface area contributed by atoms with E-state index in [1.54, 1.807) is 0 Å². The van der Waals surface area contributed by atoms with Crippen LogP contribution in [0, 0.1) is 0 Å². The van der Waals surface area contributed by atoms with Crippen molar-refractivity contribution in [2.75, 3.05) is 19.8 Å². The lowest BCUT2D eigenvalue weighted by Gasteiger charge is -2.18. The third-order valence-electron chi connectivity index (χ3n) is 5.02. The molecule has 1 aliphatic carbocycles. The highest BCUT2D eigenvalue weighted by molar-refractivity contribution is 5.82. The third kappa shape index (κ3) is 6.80. The summed E-state index contributed by atoms with van der Waals surface area (Å²) in [5.41, 5.74) is -0.645. The number of hydrogen-bond acceptors (Lipinski definition) is 4. The van der Waals surface area contributed by atoms with Gasteiger partial charge in [0.1, 0.15) is 0 Å². The average molecular weight is 326 g/mol. The molecule has 4 nitrogen and oxygen atoms in total. The fourth-order valence-corrected chi connectivity index (χ4v) is 3.44. The van der Waals surface area contributed by atoms with Crippen molar-refractivity contribution in [3.8, 4) is 0 Å². The van der Waals surface area contributed by atoms with E-state index in [9.17, 15) is 4.79 Å². The quantitative estimate of drug-likeness (QED) is 0.395. The van der Waals surface area contributed by atoms with E-state index in [1.165, 1.54) is 64.2 Å². The lowest BCUT2D eigenvalue weighted by atomic mass is 10.0. The standard InChI is InChI=1S/C19H34O4/c1-2-21-18(20)19(16-23-19)14-11-15-22-17-12-9-7-5-3-4-6-8-10-13-17/h17H,2-16H2,1H3. The van der Waals surface area contributed by atoms with Crippen LogP contribution < -0.4 is 0 Å². The normalized spacial score (nSPS) is 27.2. The first-order chi connectivity index (χ1) is 11.3. The minimum Gasteiger partial charge on any atom is -0.464 e. The Hall–Kier alpha value is -0.610. The SMILES string of the molecule is CCOC(=O)C1(CCCOC2CCCCCCCCCC2)CO1. The molecule has 1 atom stereocenters. The summed E-state index contributed by atoms with van der Waals surface area (Å²) in [6.45, 7) is 3.49. The Kier molecular flexibility index (Phi) is 8.38. The van der Waals surface area contributed by atoms with Crippen LogP contribution in [0.3, 0.4) is 0 Å². The Bertz CT molecular complexity index is 326. The molecule has 1 unspecified atom stereocenters. The summed E-state index contributed by atoms with van der Waals surface area (Å²) in [6.07, 6.45) is 15.2. The molecule has 0 amide bonds. The molecule has 0 radical (unpaired) electrons. The summed E-state index contributed by atoms with van der Waals surface area (Å²) in [6, 6.07) is 0. The van der Waals surface area contributed by atoms with Crippen LogP contribution >= 0.6 is 0 Å². The molecule has 4 heteroatoms. The zero-order valence-electron chi connectivity index (χ0n) is 14.8. The van der Waals surface area contributed by atoms with Gasteiger partial charge in [-0.05, 0) is 32.6 Å². The van der Waals surface area contributed by atoms with E-state index in [1.807, 2.05) is 6.92 Å². The van der Waals surface area contributed by atoms with Crippen molar-refractivity contribution in [1.82, 2.24) is 0 Å². The molecule has 0 spiro atoms. The van der Waals surface area contributed by atoms with E-state index in [2.05, 4.69) is 0 Å². The Morgan fingerprint density at radius 2 is 1.61 bits per heavy atom. The Balaban J connectivity index is 1.62. The lowest BCUT2D eigenvalue weighted by Crippen LogP contribution is -2.27. The van der Waals surface area contributed by atoms with Crippen LogP contribution in [0.15, 0.2) is 0 Å². The van der Waals surface area contributed by atoms with Gasteiger partial charge in [-0.25, -0.2) is 4.79 Å². The highest BCUT2D eigenvalue weighted by Crippen LogP contribution is 2.33. The number of ether oxygens (including phenoxy) is 3. The van der Waals surface area contributed by atoms with Crippen LogP contribution in [-0.2, 0) is 19.0 Å². The zero-order valence-corrected chi connectivity index (χ0v) is 14.8. The zero-order chi connectivity index (χ0) is 16.4. The number of epoxide rings is 1. The van der Waals surface area contributed by atoms with E-state index >= 15 is 0 Å². The Morgan fingerprint density at radius 3 is 2.13 bits per heavy atom. The van der Waals surface area contributed by atoms with Crippen molar-refractivity contribution in [3.05, 3.63) is 0 Å². The molecule has 0 aromatic heterocycles. The van der Waals surface area contributed by atoms with Crippen molar-refractivity contribution in [2.24, 2.45) is 0 Å². The van der Waals surface area contributed by atoms with Gasteiger partial charge in [-0.1, -0.05) is 51.4 Å². The molecule has 1 saturated heterocycles. The lowest BCUT2D eigenvalue weighted by molar-refractivity contribution is -0.149. The first kappa shape index (κ1) is 18.7. The summed E-state index contributed by atoms with van der Waals surface area (Å²) in [4.78, 5) is 11.8. The predicted octanol–water partition coefficient (Wildman–Crippen LogP) is 4.40. The minimum atomic E-state index is -0.645. The number of rotatable bonds is 7. The molecule has 2 aliphatic rings. The van der Waals surface area contributed by atoms with Crippen molar-refractivity contribution in [1.29, 1.82) is 0 Å². The fraction of sp³-hybridized carbons (Fsp3) is 0.947. The fourth-order valence-electron chi connectivity index (χ4n) is 3.44. The van der Waals surface area contributed by atoms with Gasteiger partial charge in [0.05, 0.1) is 19.3 Å². The molecule has 0 aromatic rings. The number of carbonyl (C=O) groups excluding carboxylic acids is 1. The van der Waals surface area contributed by atoms with Crippen molar-refractivity contribution < 1.29 is 19.0 Å². The van der Waals surface area contributed by atoms with Crippen molar-refractivity contribution in [3.63, 3.8) is 0 Å². The molecule has 23 heavy (non-hydrogen) atoms. The van der Waals surface area contributed by atoms with Gasteiger partial charge in [0, 0.05) is 6.61 Å². The largest absolute Gasteiger partial charge is 0.464 e. The van der Waals surface area contributed by atoms with Gasteiger partial charge in [-0.15, -0.1) is 0 Å². The van der Waals surface area contributed by atoms with Gasteiger partial charge < -0.3 is 14.2 Å². The van der Waals surface area contributed by atoms with Crippen LogP contribution in [0.2, 0.25) is 0 Å². The van der Waals surface area contributed by atoms with E-state index < -0.39 is 5.60 Å². The van der Waals surface area contributed by atoms with E-state index in [-0.39, 0.29) is 5.97 Å². The molecule has 134 valence electrons. The summed E-state index contributed by atoms with van der Waals surface area (Å²) >= 11 is 0. The van der Waals surface area contributed by atoms with E-state index in [0.29, 0.717) is 19.3 Å². The molecule has 1 heterocycles. The summed E-state index contributed by atoms with van der Waals surface area (Å²) in [5, 5.41) is 0. The first-order valence-corrected chi connectivity index (χ1v) is 9.69. The van der Waals surface area contributed by atoms with Crippen LogP contribution in [0.25, 0.3) is 0 Å². The second-order valence-electron chi connectivity index (χ2n) is 7.01. The second-order valence-corrected chi connectivity index (χ2v) is 7.01. The monoisotopic (exact) mass is 326 g/mol. The summed E-state index contributed by atoms with van der Waals surface area (Å²) in [5.74, 6) is -0.199. The van der Waals surface area contributed by atoms with Gasteiger partial charge in [0.15, 0.2) is 5.60 Å². The van der Waals surface area contributed by atoms with Crippen LogP contribution in [0.4, 0.5) is 0 Å². The molecular weight excluding hydrogens is 292 g/mol. The topological polar surface area (TPSA) is 48.1 Å². The van der Waals surface area contributed by atoms with Gasteiger partial charge in [-0.2, -0.15) is 0 Å². The molecule has 1 aliphatic heterocycles. The molecule has 1 saturated carbocycles. The Morgan fingerprint density at radius 1 is 1.04 bits per heavy atom. The summed E-state index contributed by atoms with van der Waals surface area (Å²) < 4.78 is 16.5. The second kappa shape index (κ2) is 10.3. The van der Waals surface area contributed by atoms with Crippen molar-refractivity contribution in [2.45, 2.75) is 95.7 Å². The number of esters is 1. The number of hydrogen-bond donors (Lipinski definition) is 0. The molecule has 0 aromatic carbocycles. The van der Waals surface area contributed by atoms with Gasteiger partial charge in [-0.3, -0.25) is 0 Å². The minimum absolute atomic E-state index is 0.199.